The molecule has 0 aliphatic heterocycles. The van der Waals surface area contributed by atoms with E-state index in [1.807, 2.05) is 13.0 Å². The highest BCUT2D eigenvalue weighted by Gasteiger charge is 2.03. The van der Waals surface area contributed by atoms with Crippen LogP contribution in [-0.4, -0.2) is 15.3 Å². The standard InChI is InChI=1S/C11H16N2O2/c1-8-7-9(2)13(11(15)12-8)6-4-5-10(3)14/h7H,4-6H2,1-3H3. The lowest BCUT2D eigenvalue weighted by atomic mass is 10.2. The molecule has 0 saturated heterocycles. The summed E-state index contributed by atoms with van der Waals surface area (Å²) in [5.74, 6) is 0.153. The Bertz CT molecular complexity index is 421. The van der Waals surface area contributed by atoms with Crippen LogP contribution in [0.3, 0.4) is 0 Å². The minimum Gasteiger partial charge on any atom is -0.300 e. The Balaban J connectivity index is 2.77. The van der Waals surface area contributed by atoms with E-state index in [1.165, 1.54) is 0 Å². The van der Waals surface area contributed by atoms with E-state index in [-0.39, 0.29) is 11.5 Å². The predicted octanol–water partition coefficient (Wildman–Crippen LogP) is 1.23. The maximum Gasteiger partial charge on any atom is 0.347 e. The van der Waals surface area contributed by atoms with Gasteiger partial charge >= 0.3 is 5.69 Å². The molecule has 0 aliphatic rings. The summed E-state index contributed by atoms with van der Waals surface area (Å²) in [7, 11) is 0. The molecule has 1 heterocycles. The average Bonchev–Trinajstić information content (AvgIpc) is 2.08. The van der Waals surface area contributed by atoms with Gasteiger partial charge in [-0.3, -0.25) is 4.57 Å². The Labute approximate surface area is 89.0 Å². The third-order valence-electron chi connectivity index (χ3n) is 2.26. The smallest absolute Gasteiger partial charge is 0.300 e. The largest absolute Gasteiger partial charge is 0.347 e. The zero-order chi connectivity index (χ0) is 11.4. The Hall–Kier alpha value is -1.45. The average molecular weight is 208 g/mol. The van der Waals surface area contributed by atoms with E-state index in [9.17, 15) is 9.59 Å². The first kappa shape index (κ1) is 11.6. The van der Waals surface area contributed by atoms with Gasteiger partial charge in [0.25, 0.3) is 0 Å². The van der Waals surface area contributed by atoms with Crippen molar-refractivity contribution in [3.63, 3.8) is 0 Å². The molecule has 0 radical (unpaired) electrons. The summed E-state index contributed by atoms with van der Waals surface area (Å²) in [5.41, 5.74) is 1.41. The Morgan fingerprint density at radius 2 is 2.13 bits per heavy atom. The summed E-state index contributed by atoms with van der Waals surface area (Å²) in [6.45, 7) is 5.80. The molecule has 0 fully saturated rings. The van der Waals surface area contributed by atoms with Crippen molar-refractivity contribution in [1.29, 1.82) is 0 Å². The minimum absolute atomic E-state index is 0.153. The van der Waals surface area contributed by atoms with Gasteiger partial charge in [0, 0.05) is 24.4 Å². The molecule has 82 valence electrons. The molecule has 1 aromatic rings. The number of carbonyl (C=O) groups is 1. The van der Waals surface area contributed by atoms with Crippen molar-refractivity contribution >= 4 is 5.78 Å². The molecule has 0 aliphatic carbocycles. The third-order valence-corrected chi connectivity index (χ3v) is 2.26. The molecule has 4 heteroatoms. The number of aromatic nitrogens is 2. The van der Waals surface area contributed by atoms with E-state index >= 15 is 0 Å². The summed E-state index contributed by atoms with van der Waals surface area (Å²) >= 11 is 0. The third kappa shape index (κ3) is 3.31. The van der Waals surface area contributed by atoms with Crippen molar-refractivity contribution in [2.24, 2.45) is 0 Å². The molecule has 0 atom stereocenters. The second-order valence-electron chi connectivity index (χ2n) is 3.78. The van der Waals surface area contributed by atoms with Crippen LogP contribution in [0.2, 0.25) is 0 Å². The van der Waals surface area contributed by atoms with Gasteiger partial charge < -0.3 is 4.79 Å². The Kier molecular flexibility index (Phi) is 3.77. The molecular weight excluding hydrogens is 192 g/mol. The van der Waals surface area contributed by atoms with Crippen molar-refractivity contribution in [2.75, 3.05) is 0 Å². The van der Waals surface area contributed by atoms with Gasteiger partial charge in [0.05, 0.1) is 0 Å². The number of hydrogen-bond donors (Lipinski definition) is 0. The summed E-state index contributed by atoms with van der Waals surface area (Å²) in [4.78, 5) is 26.1. The van der Waals surface area contributed by atoms with Crippen LogP contribution < -0.4 is 5.69 Å². The van der Waals surface area contributed by atoms with E-state index in [4.69, 9.17) is 0 Å². The first-order chi connectivity index (χ1) is 7.00. The van der Waals surface area contributed by atoms with Crippen molar-refractivity contribution in [1.82, 2.24) is 9.55 Å². The number of ketones is 1. The van der Waals surface area contributed by atoms with Crippen LogP contribution in [0, 0.1) is 13.8 Å². The van der Waals surface area contributed by atoms with E-state index in [0.717, 1.165) is 11.4 Å². The van der Waals surface area contributed by atoms with Crippen LogP contribution in [-0.2, 0) is 11.3 Å². The van der Waals surface area contributed by atoms with Gasteiger partial charge in [0.15, 0.2) is 0 Å². The molecule has 0 spiro atoms. The second-order valence-corrected chi connectivity index (χ2v) is 3.78. The maximum absolute atomic E-state index is 11.5. The van der Waals surface area contributed by atoms with E-state index in [2.05, 4.69) is 4.98 Å². The van der Waals surface area contributed by atoms with Gasteiger partial charge in [-0.05, 0) is 33.3 Å². The van der Waals surface area contributed by atoms with Crippen LogP contribution in [0.5, 0.6) is 0 Å². The van der Waals surface area contributed by atoms with Crippen molar-refractivity contribution in [2.45, 2.75) is 40.2 Å². The molecule has 0 saturated carbocycles. The highest BCUT2D eigenvalue weighted by atomic mass is 16.1. The molecule has 1 aromatic heterocycles. The first-order valence-corrected chi connectivity index (χ1v) is 5.05. The topological polar surface area (TPSA) is 52.0 Å². The van der Waals surface area contributed by atoms with Crippen LogP contribution in [0.25, 0.3) is 0 Å². The summed E-state index contributed by atoms with van der Waals surface area (Å²) in [6, 6.07) is 1.87. The normalized spacial score (nSPS) is 10.3. The molecule has 0 aromatic carbocycles. The van der Waals surface area contributed by atoms with Crippen molar-refractivity contribution in [3.8, 4) is 0 Å². The zero-order valence-corrected chi connectivity index (χ0v) is 9.41. The molecule has 4 nitrogen and oxygen atoms in total. The van der Waals surface area contributed by atoms with Crippen molar-refractivity contribution < 1.29 is 4.79 Å². The summed E-state index contributed by atoms with van der Waals surface area (Å²) in [5, 5.41) is 0. The lowest BCUT2D eigenvalue weighted by Gasteiger charge is -2.08. The lowest BCUT2D eigenvalue weighted by molar-refractivity contribution is -0.117. The monoisotopic (exact) mass is 208 g/mol. The first-order valence-electron chi connectivity index (χ1n) is 5.05. The van der Waals surface area contributed by atoms with E-state index in [1.54, 1.807) is 18.4 Å². The highest BCUT2D eigenvalue weighted by Crippen LogP contribution is 2.00. The fourth-order valence-electron chi connectivity index (χ4n) is 1.53. The molecule has 0 amide bonds. The maximum atomic E-state index is 11.5. The molecule has 0 bridgehead atoms. The second kappa shape index (κ2) is 4.87. The number of rotatable bonds is 4. The molecule has 0 unspecified atom stereocenters. The van der Waals surface area contributed by atoms with Gasteiger partial charge in [-0.1, -0.05) is 0 Å². The summed E-state index contributed by atoms with van der Waals surface area (Å²) in [6.07, 6.45) is 1.21. The molecule has 0 N–H and O–H groups in total. The van der Waals surface area contributed by atoms with Gasteiger partial charge in [-0.15, -0.1) is 0 Å². The Morgan fingerprint density at radius 3 is 2.67 bits per heavy atom. The Morgan fingerprint density at radius 1 is 1.47 bits per heavy atom. The summed E-state index contributed by atoms with van der Waals surface area (Å²) < 4.78 is 1.61. The van der Waals surface area contributed by atoms with Crippen molar-refractivity contribution in [3.05, 3.63) is 27.9 Å². The van der Waals surface area contributed by atoms with E-state index < -0.39 is 0 Å². The van der Waals surface area contributed by atoms with Crippen LogP contribution >= 0.6 is 0 Å². The van der Waals surface area contributed by atoms with Gasteiger partial charge in [0.2, 0.25) is 0 Å². The van der Waals surface area contributed by atoms with Gasteiger partial charge in [0.1, 0.15) is 5.78 Å². The predicted molar refractivity (Wildman–Crippen MR) is 57.9 cm³/mol. The van der Waals surface area contributed by atoms with Crippen LogP contribution in [0.15, 0.2) is 10.9 Å². The zero-order valence-electron chi connectivity index (χ0n) is 9.41. The van der Waals surface area contributed by atoms with E-state index in [0.29, 0.717) is 19.4 Å². The van der Waals surface area contributed by atoms with Crippen LogP contribution in [0.4, 0.5) is 0 Å². The number of hydrogen-bond acceptors (Lipinski definition) is 3. The fraction of sp³-hybridized carbons (Fsp3) is 0.545. The minimum atomic E-state index is -0.226. The fourth-order valence-corrected chi connectivity index (χ4v) is 1.53. The SMILES string of the molecule is CC(=O)CCCn1c(C)cc(C)nc1=O. The van der Waals surface area contributed by atoms with Gasteiger partial charge in [-0.25, -0.2) is 4.79 Å². The lowest BCUT2D eigenvalue weighted by Crippen LogP contribution is -2.25. The number of aryl methyl sites for hydroxylation is 2. The van der Waals surface area contributed by atoms with Crippen LogP contribution in [0.1, 0.15) is 31.2 Å². The number of carbonyl (C=O) groups excluding carboxylic acids is 1. The molecule has 15 heavy (non-hydrogen) atoms. The van der Waals surface area contributed by atoms with Gasteiger partial charge in [-0.2, -0.15) is 4.98 Å². The quantitative estimate of drug-likeness (QED) is 0.747. The highest BCUT2D eigenvalue weighted by molar-refractivity contribution is 5.75. The number of Topliss-reactive ketones (excluding diaryl/α,β-unsaturated/α-hetero) is 1. The molecular formula is C11H16N2O2. The number of nitrogens with zero attached hydrogens (tertiary/aromatic N) is 2. The molecule has 1 rings (SSSR count).